The molecule has 80 valence electrons. The minimum Gasteiger partial charge on any atom is -0.481 e. The number of amides is 1. The number of hydrogen-bond donors (Lipinski definition) is 1. The van der Waals surface area contributed by atoms with Gasteiger partial charge in [-0.1, -0.05) is 6.92 Å². The van der Waals surface area contributed by atoms with Crippen molar-refractivity contribution in [2.45, 2.75) is 6.92 Å². The minimum atomic E-state index is -0.794. The average molecular weight is 217 g/mol. The third-order valence-corrected chi connectivity index (χ3v) is 3.09. The van der Waals surface area contributed by atoms with Crippen LogP contribution in [0.1, 0.15) is 6.92 Å². The second kappa shape index (κ2) is 4.68. The van der Waals surface area contributed by atoms with Crippen LogP contribution in [0.5, 0.6) is 0 Å². The molecule has 14 heavy (non-hydrogen) atoms. The number of carboxylic acids is 1. The molecular weight excluding hydrogens is 202 g/mol. The first-order valence-corrected chi connectivity index (χ1v) is 5.95. The lowest BCUT2D eigenvalue weighted by Crippen LogP contribution is -2.31. The summed E-state index contributed by atoms with van der Waals surface area (Å²) in [6.45, 7) is 2.83. The van der Waals surface area contributed by atoms with Crippen LogP contribution in [0.15, 0.2) is 0 Å². The van der Waals surface area contributed by atoms with Crippen LogP contribution in [0.25, 0.3) is 0 Å². The smallest absolute Gasteiger partial charge is 0.308 e. The summed E-state index contributed by atoms with van der Waals surface area (Å²) in [7, 11) is 0. The molecule has 0 aromatic carbocycles. The molecule has 0 aromatic heterocycles. The van der Waals surface area contributed by atoms with Crippen molar-refractivity contribution >= 4 is 23.6 Å². The molecule has 2 atom stereocenters. The summed E-state index contributed by atoms with van der Waals surface area (Å²) < 4.78 is 0. The van der Waals surface area contributed by atoms with E-state index in [1.807, 2.05) is 13.2 Å². The summed E-state index contributed by atoms with van der Waals surface area (Å²) in [6.07, 6.45) is 1.87. The monoisotopic (exact) mass is 217 g/mol. The molecule has 4 nitrogen and oxygen atoms in total. The Bertz CT molecular complexity index is 244. The first-order valence-electron chi connectivity index (χ1n) is 4.55. The van der Waals surface area contributed by atoms with Gasteiger partial charge in [-0.3, -0.25) is 9.59 Å². The summed E-state index contributed by atoms with van der Waals surface area (Å²) in [6, 6.07) is 0. The highest BCUT2D eigenvalue weighted by atomic mass is 32.2. The van der Waals surface area contributed by atoms with Crippen molar-refractivity contribution in [3.8, 4) is 0 Å². The molecule has 1 aliphatic rings. The zero-order chi connectivity index (χ0) is 10.7. The van der Waals surface area contributed by atoms with Crippen molar-refractivity contribution in [3.63, 3.8) is 0 Å². The molecule has 0 saturated carbocycles. The van der Waals surface area contributed by atoms with Crippen molar-refractivity contribution in [2.75, 3.05) is 25.1 Å². The Hall–Kier alpha value is -0.710. The summed E-state index contributed by atoms with van der Waals surface area (Å²) in [5.74, 6) is -0.622. The van der Waals surface area contributed by atoms with Crippen LogP contribution in [0.4, 0.5) is 0 Å². The van der Waals surface area contributed by atoms with Gasteiger partial charge >= 0.3 is 5.97 Å². The number of carboxylic acid groups (broad SMARTS) is 1. The lowest BCUT2D eigenvalue weighted by atomic mass is 9.99. The van der Waals surface area contributed by atoms with E-state index in [1.54, 1.807) is 4.90 Å². The van der Waals surface area contributed by atoms with E-state index >= 15 is 0 Å². The maximum atomic E-state index is 11.5. The summed E-state index contributed by atoms with van der Waals surface area (Å²) in [4.78, 5) is 23.9. The lowest BCUT2D eigenvalue weighted by molar-refractivity contribution is -0.142. The Morgan fingerprint density at radius 1 is 1.50 bits per heavy atom. The Labute approximate surface area is 87.7 Å². The highest BCUT2D eigenvalue weighted by molar-refractivity contribution is 7.99. The number of carbonyl (C=O) groups is 2. The Morgan fingerprint density at radius 2 is 2.14 bits per heavy atom. The van der Waals surface area contributed by atoms with Crippen molar-refractivity contribution in [3.05, 3.63) is 0 Å². The van der Waals surface area contributed by atoms with E-state index in [4.69, 9.17) is 5.11 Å². The van der Waals surface area contributed by atoms with Gasteiger partial charge in [0.25, 0.3) is 0 Å². The predicted molar refractivity (Wildman–Crippen MR) is 55.3 cm³/mol. The van der Waals surface area contributed by atoms with Gasteiger partial charge in [-0.15, -0.1) is 0 Å². The predicted octanol–water partition coefficient (Wildman–Crippen LogP) is 0.529. The number of likely N-dealkylation sites (tertiary alicyclic amines) is 1. The largest absolute Gasteiger partial charge is 0.481 e. The van der Waals surface area contributed by atoms with Crippen molar-refractivity contribution in [2.24, 2.45) is 11.8 Å². The van der Waals surface area contributed by atoms with Crippen LogP contribution < -0.4 is 0 Å². The Balaban J connectivity index is 2.54. The molecule has 0 aliphatic carbocycles. The molecule has 1 heterocycles. The van der Waals surface area contributed by atoms with Gasteiger partial charge in [-0.25, -0.2) is 0 Å². The van der Waals surface area contributed by atoms with E-state index < -0.39 is 5.97 Å². The molecule has 2 unspecified atom stereocenters. The van der Waals surface area contributed by atoms with Crippen LogP contribution in [-0.2, 0) is 9.59 Å². The van der Waals surface area contributed by atoms with Gasteiger partial charge in [0.05, 0.1) is 11.7 Å². The fourth-order valence-electron chi connectivity index (χ4n) is 1.71. The number of carbonyl (C=O) groups excluding carboxylic acids is 1. The first kappa shape index (κ1) is 11.4. The molecule has 1 saturated heterocycles. The van der Waals surface area contributed by atoms with Gasteiger partial charge in [-0.2, -0.15) is 11.8 Å². The number of hydrogen-bond acceptors (Lipinski definition) is 3. The molecule has 1 N–H and O–H groups in total. The van der Waals surface area contributed by atoms with Gasteiger partial charge in [0.2, 0.25) is 5.91 Å². The van der Waals surface area contributed by atoms with Crippen molar-refractivity contribution in [1.29, 1.82) is 0 Å². The van der Waals surface area contributed by atoms with Crippen LogP contribution in [0.3, 0.4) is 0 Å². The van der Waals surface area contributed by atoms with Crippen molar-refractivity contribution < 1.29 is 14.7 Å². The molecule has 0 bridgehead atoms. The SMILES string of the molecule is CSCC(=O)N1CC(C)C(C(=O)O)C1. The van der Waals surface area contributed by atoms with Crippen LogP contribution in [-0.4, -0.2) is 47.0 Å². The first-order chi connectivity index (χ1) is 6.56. The second-order valence-corrected chi connectivity index (χ2v) is 4.52. The van der Waals surface area contributed by atoms with E-state index in [-0.39, 0.29) is 17.7 Å². The highest BCUT2D eigenvalue weighted by Crippen LogP contribution is 2.23. The molecular formula is C9H15NO3S. The maximum absolute atomic E-state index is 11.5. The standard InChI is InChI=1S/C9H15NO3S/c1-6-3-10(8(11)5-14-2)4-7(6)9(12)13/h6-7H,3-5H2,1-2H3,(H,12,13). The van der Waals surface area contributed by atoms with E-state index in [1.165, 1.54) is 11.8 Å². The van der Waals surface area contributed by atoms with E-state index in [9.17, 15) is 9.59 Å². The van der Waals surface area contributed by atoms with Gasteiger partial charge in [0.1, 0.15) is 0 Å². The summed E-state index contributed by atoms with van der Waals surface area (Å²) in [5, 5.41) is 8.87. The quantitative estimate of drug-likeness (QED) is 0.749. The topological polar surface area (TPSA) is 57.6 Å². The number of thioether (sulfide) groups is 1. The molecule has 0 aromatic rings. The summed E-state index contributed by atoms with van der Waals surface area (Å²) >= 11 is 1.47. The average Bonchev–Trinajstić information content (AvgIpc) is 2.48. The maximum Gasteiger partial charge on any atom is 0.308 e. The van der Waals surface area contributed by atoms with Crippen molar-refractivity contribution in [1.82, 2.24) is 4.90 Å². The molecule has 1 aliphatic heterocycles. The van der Waals surface area contributed by atoms with E-state index in [0.29, 0.717) is 18.8 Å². The summed E-state index contributed by atoms with van der Waals surface area (Å²) in [5.41, 5.74) is 0. The zero-order valence-corrected chi connectivity index (χ0v) is 9.21. The fraction of sp³-hybridized carbons (Fsp3) is 0.778. The van der Waals surface area contributed by atoms with Crippen LogP contribution in [0, 0.1) is 11.8 Å². The molecule has 5 heteroatoms. The second-order valence-electron chi connectivity index (χ2n) is 3.65. The zero-order valence-electron chi connectivity index (χ0n) is 8.40. The molecule has 1 amide bonds. The normalized spacial score (nSPS) is 26.6. The highest BCUT2D eigenvalue weighted by Gasteiger charge is 2.36. The van der Waals surface area contributed by atoms with Gasteiger partial charge in [-0.05, 0) is 12.2 Å². The van der Waals surface area contributed by atoms with E-state index in [0.717, 1.165) is 0 Å². The van der Waals surface area contributed by atoms with E-state index in [2.05, 4.69) is 0 Å². The molecule has 1 rings (SSSR count). The third-order valence-electron chi connectivity index (χ3n) is 2.55. The van der Waals surface area contributed by atoms with Gasteiger partial charge in [0, 0.05) is 13.1 Å². The van der Waals surface area contributed by atoms with Gasteiger partial charge < -0.3 is 10.0 Å². The lowest BCUT2D eigenvalue weighted by Gasteiger charge is -2.14. The Kier molecular flexibility index (Phi) is 3.80. The number of nitrogens with zero attached hydrogens (tertiary/aromatic N) is 1. The Morgan fingerprint density at radius 3 is 2.57 bits per heavy atom. The van der Waals surface area contributed by atoms with Crippen LogP contribution >= 0.6 is 11.8 Å². The number of rotatable bonds is 3. The minimum absolute atomic E-state index is 0.0492. The fourth-order valence-corrected chi connectivity index (χ4v) is 2.14. The van der Waals surface area contributed by atoms with Crippen LogP contribution in [0.2, 0.25) is 0 Å². The molecule has 0 spiro atoms. The third kappa shape index (κ3) is 2.41. The molecule has 0 radical (unpaired) electrons. The number of aliphatic carboxylic acids is 1. The molecule has 1 fully saturated rings. The van der Waals surface area contributed by atoms with Gasteiger partial charge in [0.15, 0.2) is 0 Å².